The van der Waals surface area contributed by atoms with Crippen molar-refractivity contribution in [2.45, 2.75) is 32.2 Å². The molecule has 0 aliphatic rings. The zero-order valence-corrected chi connectivity index (χ0v) is 12.2. The van der Waals surface area contributed by atoms with Crippen LogP contribution >= 0.6 is 11.6 Å². The number of rotatable bonds is 8. The van der Waals surface area contributed by atoms with Crippen LogP contribution in [-0.4, -0.2) is 24.6 Å². The molecule has 0 aliphatic heterocycles. The topological polar surface area (TPSA) is 58.9 Å². The van der Waals surface area contributed by atoms with Gasteiger partial charge in [0.15, 0.2) is 0 Å². The quantitative estimate of drug-likeness (QED) is 0.318. The molecule has 0 radical (unpaired) electrons. The first kappa shape index (κ1) is 18.3. The van der Waals surface area contributed by atoms with Crippen LogP contribution in [0.15, 0.2) is 40.3 Å². The molecule has 0 spiro atoms. The summed E-state index contributed by atoms with van der Waals surface area (Å²) in [7, 11) is 0. The first-order valence-corrected chi connectivity index (χ1v) is 7.05. The average Bonchev–Trinajstić information content (AvgIpc) is 2.50. The maximum atomic E-state index is 9.69. The number of aliphatic imine (C=N–C) groups is 2. The van der Waals surface area contributed by atoms with Crippen molar-refractivity contribution in [3.8, 4) is 0 Å². The number of hydrogen-bond donors (Lipinski definition) is 0. The van der Waals surface area contributed by atoms with Crippen LogP contribution in [0.2, 0.25) is 0 Å². The van der Waals surface area contributed by atoms with E-state index in [1.54, 1.807) is 0 Å². The fourth-order valence-corrected chi connectivity index (χ4v) is 1.58. The Morgan fingerprint density at radius 2 is 1.55 bits per heavy atom. The largest absolute Gasteiger partial charge is 0.235 e. The maximum absolute atomic E-state index is 9.69. The Morgan fingerprint density at radius 1 is 0.900 bits per heavy atom. The highest BCUT2D eigenvalue weighted by molar-refractivity contribution is 6.17. The molecule has 1 rings (SSSR count). The molecule has 0 atom stereocenters. The Labute approximate surface area is 124 Å². The Hall–Kier alpha value is -1.73. The normalized spacial score (nSPS) is 8.65. The lowest BCUT2D eigenvalue weighted by Crippen LogP contribution is -1.82. The van der Waals surface area contributed by atoms with E-state index >= 15 is 0 Å². The minimum absolute atomic E-state index is 0.435. The van der Waals surface area contributed by atoms with Crippen LogP contribution in [0, 0.1) is 0 Å². The van der Waals surface area contributed by atoms with Gasteiger partial charge in [-0.1, -0.05) is 43.2 Å². The van der Waals surface area contributed by atoms with Crippen molar-refractivity contribution in [3.63, 3.8) is 0 Å². The van der Waals surface area contributed by atoms with Gasteiger partial charge in [0, 0.05) is 5.88 Å². The van der Waals surface area contributed by atoms with Gasteiger partial charge in [0.1, 0.15) is 0 Å². The third-order valence-corrected chi connectivity index (χ3v) is 2.65. The van der Waals surface area contributed by atoms with Crippen LogP contribution in [-0.2, 0) is 16.1 Å². The number of hydrogen-bond acceptors (Lipinski definition) is 4. The molecule has 0 saturated heterocycles. The van der Waals surface area contributed by atoms with E-state index in [-0.39, 0.29) is 0 Å². The molecule has 0 N–H and O–H groups in total. The van der Waals surface area contributed by atoms with Crippen molar-refractivity contribution in [2.24, 2.45) is 9.98 Å². The minimum Gasteiger partial charge on any atom is -0.211 e. The number of halogens is 1. The molecule has 4 nitrogen and oxygen atoms in total. The first-order valence-electron chi connectivity index (χ1n) is 6.52. The summed E-state index contributed by atoms with van der Waals surface area (Å²) in [6.07, 6.45) is 7.28. The molecule has 0 amide bonds. The minimum atomic E-state index is 0.435. The Balaban J connectivity index is 0.000000361. The van der Waals surface area contributed by atoms with Crippen molar-refractivity contribution in [1.82, 2.24) is 0 Å². The Morgan fingerprint density at radius 3 is 2.15 bits per heavy atom. The van der Waals surface area contributed by atoms with Gasteiger partial charge in [-0.3, -0.25) is 0 Å². The average molecular weight is 295 g/mol. The van der Waals surface area contributed by atoms with Crippen LogP contribution in [0.5, 0.6) is 0 Å². The van der Waals surface area contributed by atoms with Crippen LogP contribution in [0.3, 0.4) is 0 Å². The number of carbonyl (C=O) groups excluding carboxylic acids is 2. The maximum Gasteiger partial charge on any atom is 0.235 e. The second-order valence-electron chi connectivity index (χ2n) is 3.97. The second kappa shape index (κ2) is 15.3. The summed E-state index contributed by atoms with van der Waals surface area (Å²) in [6.45, 7) is 1.05. The molecule has 1 aromatic carbocycles. The summed E-state index contributed by atoms with van der Waals surface area (Å²) < 4.78 is 0. The molecule has 5 heteroatoms. The Kier molecular flexibility index (Phi) is 14.0. The molecule has 0 aliphatic carbocycles. The molecule has 0 saturated carbocycles. The SMILES string of the molecule is O=C=NCCCCCCCl.O=C=NCc1ccccc1. The van der Waals surface area contributed by atoms with Crippen molar-refractivity contribution >= 4 is 23.8 Å². The summed E-state index contributed by atoms with van der Waals surface area (Å²) in [5, 5.41) is 0. The number of alkyl halides is 1. The van der Waals surface area contributed by atoms with Gasteiger partial charge < -0.3 is 0 Å². The summed E-state index contributed by atoms with van der Waals surface area (Å²) in [5.74, 6) is 0.733. The zero-order chi connectivity index (χ0) is 14.9. The lowest BCUT2D eigenvalue weighted by molar-refractivity contribution is 0.561. The third-order valence-electron chi connectivity index (χ3n) is 2.39. The smallest absolute Gasteiger partial charge is 0.211 e. The van der Waals surface area contributed by atoms with Gasteiger partial charge in [-0.2, -0.15) is 0 Å². The molecule has 0 bridgehead atoms. The summed E-state index contributed by atoms with van der Waals surface area (Å²) in [5.41, 5.74) is 1.03. The van der Waals surface area contributed by atoms with E-state index in [1.165, 1.54) is 12.2 Å². The van der Waals surface area contributed by atoms with Crippen molar-refractivity contribution in [2.75, 3.05) is 12.4 Å². The highest BCUT2D eigenvalue weighted by atomic mass is 35.5. The predicted octanol–water partition coefficient (Wildman–Crippen LogP) is 3.64. The molecule has 0 unspecified atom stereocenters. The van der Waals surface area contributed by atoms with Gasteiger partial charge >= 0.3 is 0 Å². The van der Waals surface area contributed by atoms with E-state index in [4.69, 9.17) is 11.6 Å². The number of nitrogens with zero attached hydrogens (tertiary/aromatic N) is 2. The number of isocyanates is 2. The zero-order valence-electron chi connectivity index (χ0n) is 11.4. The van der Waals surface area contributed by atoms with Gasteiger partial charge in [0.25, 0.3) is 0 Å². The van der Waals surface area contributed by atoms with E-state index < -0.39 is 0 Å². The Bertz CT molecular complexity index is 425. The van der Waals surface area contributed by atoms with Gasteiger partial charge in [0.05, 0.1) is 13.1 Å². The van der Waals surface area contributed by atoms with Crippen LogP contribution < -0.4 is 0 Å². The van der Waals surface area contributed by atoms with Gasteiger partial charge in [-0.25, -0.2) is 19.6 Å². The van der Waals surface area contributed by atoms with Gasteiger partial charge in [0.2, 0.25) is 12.2 Å². The number of benzene rings is 1. The lowest BCUT2D eigenvalue weighted by atomic mass is 10.2. The molecule has 0 heterocycles. The van der Waals surface area contributed by atoms with Gasteiger partial charge in [-0.05, 0) is 18.4 Å². The molecule has 0 aromatic heterocycles. The predicted molar refractivity (Wildman–Crippen MR) is 80.4 cm³/mol. The standard InChI is InChI=1S/C8H7NO.C7H12ClNO/c10-7-9-6-8-4-2-1-3-5-8;8-5-3-1-2-4-6-9-7-10/h1-5H,6H2;1-6H2. The van der Waals surface area contributed by atoms with Crippen LogP contribution in [0.25, 0.3) is 0 Å². The van der Waals surface area contributed by atoms with E-state index in [0.29, 0.717) is 13.1 Å². The highest BCUT2D eigenvalue weighted by Gasteiger charge is 1.86. The third kappa shape index (κ3) is 12.7. The first-order chi connectivity index (χ1) is 9.85. The van der Waals surface area contributed by atoms with Crippen LogP contribution in [0.1, 0.15) is 31.2 Å². The molecular formula is C15H19ClN2O2. The summed E-state index contributed by atoms with van der Waals surface area (Å²) >= 11 is 5.46. The van der Waals surface area contributed by atoms with Crippen molar-refractivity contribution in [1.29, 1.82) is 0 Å². The van der Waals surface area contributed by atoms with E-state index in [0.717, 1.165) is 37.1 Å². The van der Waals surface area contributed by atoms with E-state index in [2.05, 4.69) is 9.98 Å². The monoisotopic (exact) mass is 294 g/mol. The van der Waals surface area contributed by atoms with Crippen molar-refractivity contribution < 1.29 is 9.59 Å². The van der Waals surface area contributed by atoms with Crippen molar-refractivity contribution in [3.05, 3.63) is 35.9 Å². The molecule has 20 heavy (non-hydrogen) atoms. The van der Waals surface area contributed by atoms with Crippen LogP contribution in [0.4, 0.5) is 0 Å². The lowest BCUT2D eigenvalue weighted by Gasteiger charge is -1.93. The van der Waals surface area contributed by atoms with Gasteiger partial charge in [-0.15, -0.1) is 11.6 Å². The van der Waals surface area contributed by atoms with E-state index in [9.17, 15) is 9.59 Å². The summed E-state index contributed by atoms with van der Waals surface area (Å²) in [4.78, 5) is 26.1. The fraction of sp³-hybridized carbons (Fsp3) is 0.467. The molecule has 1 aromatic rings. The van der Waals surface area contributed by atoms with E-state index in [1.807, 2.05) is 30.3 Å². The summed E-state index contributed by atoms with van der Waals surface area (Å²) in [6, 6.07) is 9.58. The fourth-order valence-electron chi connectivity index (χ4n) is 1.39. The molecule has 108 valence electrons. The molecular weight excluding hydrogens is 276 g/mol. The number of unbranched alkanes of at least 4 members (excludes halogenated alkanes) is 3. The highest BCUT2D eigenvalue weighted by Crippen LogP contribution is 2.00. The molecule has 0 fully saturated rings. The second-order valence-corrected chi connectivity index (χ2v) is 4.35.